The molecule has 1 aromatic carbocycles. The predicted octanol–water partition coefficient (Wildman–Crippen LogP) is 1.24. The molecule has 0 unspecified atom stereocenters. The Labute approximate surface area is 121 Å². The molecule has 8 heteroatoms. The van der Waals surface area contributed by atoms with Crippen LogP contribution in [0.2, 0.25) is 0 Å². The Kier molecular flexibility index (Phi) is 3.53. The number of imidazole rings is 1. The highest BCUT2D eigenvalue weighted by molar-refractivity contribution is 7.91. The highest BCUT2D eigenvalue weighted by Crippen LogP contribution is 2.15. The van der Waals surface area contributed by atoms with E-state index in [1.54, 1.807) is 30.3 Å². The number of fused-ring (bicyclic) bond motifs is 1. The predicted molar refractivity (Wildman–Crippen MR) is 78.7 cm³/mol. The van der Waals surface area contributed by atoms with Crippen LogP contribution >= 0.6 is 0 Å². The van der Waals surface area contributed by atoms with E-state index in [2.05, 4.69) is 25.3 Å². The lowest BCUT2D eigenvalue weighted by atomic mass is 10.4. The number of sulfone groups is 1. The van der Waals surface area contributed by atoms with E-state index < -0.39 is 9.84 Å². The Morgan fingerprint density at radius 2 is 1.90 bits per heavy atom. The quantitative estimate of drug-likeness (QED) is 0.735. The first-order valence-corrected chi connectivity index (χ1v) is 7.98. The molecule has 0 aliphatic carbocycles. The van der Waals surface area contributed by atoms with Crippen molar-refractivity contribution in [3.05, 3.63) is 43.0 Å². The fourth-order valence-electron chi connectivity index (χ4n) is 1.95. The maximum atomic E-state index is 12.1. The summed E-state index contributed by atoms with van der Waals surface area (Å²) in [5.41, 5.74) is 1.20. The molecule has 3 rings (SSSR count). The smallest absolute Gasteiger partial charge is 0.182 e. The average molecular weight is 303 g/mol. The van der Waals surface area contributed by atoms with Gasteiger partial charge >= 0.3 is 0 Å². The second kappa shape index (κ2) is 5.49. The lowest BCUT2D eigenvalue weighted by Crippen LogP contribution is -2.16. The van der Waals surface area contributed by atoms with Crippen LogP contribution in [0.1, 0.15) is 0 Å². The van der Waals surface area contributed by atoms with Crippen molar-refractivity contribution in [2.45, 2.75) is 4.90 Å². The second-order valence-electron chi connectivity index (χ2n) is 4.38. The molecular weight excluding hydrogens is 290 g/mol. The van der Waals surface area contributed by atoms with Crippen LogP contribution in [0.5, 0.6) is 0 Å². The van der Waals surface area contributed by atoms with Crippen LogP contribution in [-0.2, 0) is 9.84 Å². The minimum atomic E-state index is -3.30. The number of hydrogen-bond donors (Lipinski definition) is 2. The van der Waals surface area contributed by atoms with E-state index in [0.717, 1.165) is 0 Å². The first kappa shape index (κ1) is 13.5. The molecule has 0 amide bonds. The SMILES string of the molecule is O=S(=O)(CCNc1ncnc2nc[nH]c12)c1ccccc1. The van der Waals surface area contributed by atoms with Crippen molar-refractivity contribution in [3.63, 3.8) is 0 Å². The lowest BCUT2D eigenvalue weighted by molar-refractivity contribution is 0.596. The summed E-state index contributed by atoms with van der Waals surface area (Å²) in [5, 5.41) is 3.00. The third-order valence-electron chi connectivity index (χ3n) is 2.99. The van der Waals surface area contributed by atoms with Crippen molar-refractivity contribution < 1.29 is 8.42 Å². The number of nitrogens with zero attached hydrogens (tertiary/aromatic N) is 3. The normalized spacial score (nSPS) is 11.6. The topological polar surface area (TPSA) is 101 Å². The molecule has 0 saturated heterocycles. The molecule has 21 heavy (non-hydrogen) atoms. The zero-order valence-corrected chi connectivity index (χ0v) is 11.8. The Balaban J connectivity index is 1.70. The van der Waals surface area contributed by atoms with Crippen LogP contribution in [0.15, 0.2) is 47.9 Å². The Bertz CT molecular complexity index is 845. The molecule has 2 aromatic heterocycles. The number of aromatic nitrogens is 4. The molecule has 0 aliphatic rings. The van der Waals surface area contributed by atoms with Gasteiger partial charge in [-0.05, 0) is 12.1 Å². The van der Waals surface area contributed by atoms with Gasteiger partial charge in [-0.1, -0.05) is 18.2 Å². The van der Waals surface area contributed by atoms with Gasteiger partial charge in [0.25, 0.3) is 0 Å². The number of H-pyrrole nitrogens is 1. The summed E-state index contributed by atoms with van der Waals surface area (Å²) < 4.78 is 24.3. The fourth-order valence-corrected chi connectivity index (χ4v) is 3.13. The molecule has 3 aromatic rings. The van der Waals surface area contributed by atoms with Crippen molar-refractivity contribution in [2.75, 3.05) is 17.6 Å². The number of rotatable bonds is 5. The summed E-state index contributed by atoms with van der Waals surface area (Å²) in [6, 6.07) is 8.38. The molecule has 0 fully saturated rings. The van der Waals surface area contributed by atoms with Crippen LogP contribution in [0, 0.1) is 0 Å². The molecule has 0 spiro atoms. The van der Waals surface area contributed by atoms with Crippen molar-refractivity contribution in [1.82, 2.24) is 19.9 Å². The van der Waals surface area contributed by atoms with E-state index in [1.165, 1.54) is 12.7 Å². The van der Waals surface area contributed by atoms with Crippen molar-refractivity contribution in [1.29, 1.82) is 0 Å². The van der Waals surface area contributed by atoms with Crippen molar-refractivity contribution >= 4 is 26.8 Å². The van der Waals surface area contributed by atoms with Crippen molar-refractivity contribution in [3.8, 4) is 0 Å². The highest BCUT2D eigenvalue weighted by atomic mass is 32.2. The lowest BCUT2D eigenvalue weighted by Gasteiger charge is -2.07. The summed E-state index contributed by atoms with van der Waals surface area (Å²) in [7, 11) is -3.30. The van der Waals surface area contributed by atoms with Gasteiger partial charge in [-0.15, -0.1) is 0 Å². The first-order chi connectivity index (χ1) is 10.2. The van der Waals surface area contributed by atoms with E-state index in [0.29, 0.717) is 21.9 Å². The van der Waals surface area contributed by atoms with Crippen LogP contribution in [0.25, 0.3) is 11.2 Å². The number of hydrogen-bond acceptors (Lipinski definition) is 6. The van der Waals surface area contributed by atoms with E-state index in [1.807, 2.05) is 0 Å². The molecule has 0 atom stereocenters. The number of anilines is 1. The minimum Gasteiger partial charge on any atom is -0.367 e. The van der Waals surface area contributed by atoms with Gasteiger partial charge in [0, 0.05) is 6.54 Å². The number of nitrogens with one attached hydrogen (secondary N) is 2. The van der Waals surface area contributed by atoms with Crippen LogP contribution in [0.4, 0.5) is 5.82 Å². The zero-order chi connectivity index (χ0) is 14.7. The summed E-state index contributed by atoms with van der Waals surface area (Å²) >= 11 is 0. The standard InChI is InChI=1S/C13H13N5O2S/c19-21(20,10-4-2-1-3-5-10)7-6-14-12-11-13(16-8-15-11)18-9-17-12/h1-5,8-9H,6-7H2,(H2,14,15,16,17,18). The monoisotopic (exact) mass is 303 g/mol. The van der Waals surface area contributed by atoms with Gasteiger partial charge < -0.3 is 10.3 Å². The van der Waals surface area contributed by atoms with Gasteiger partial charge in [-0.2, -0.15) is 0 Å². The van der Waals surface area contributed by atoms with Crippen LogP contribution < -0.4 is 5.32 Å². The van der Waals surface area contributed by atoms with Gasteiger partial charge in [0.15, 0.2) is 21.3 Å². The molecule has 0 saturated carbocycles. The first-order valence-electron chi connectivity index (χ1n) is 6.32. The Hall–Kier alpha value is -2.48. The Morgan fingerprint density at radius 3 is 2.71 bits per heavy atom. The molecule has 2 heterocycles. The third kappa shape index (κ3) is 2.84. The maximum Gasteiger partial charge on any atom is 0.182 e. The van der Waals surface area contributed by atoms with E-state index in [9.17, 15) is 8.42 Å². The third-order valence-corrected chi connectivity index (χ3v) is 4.72. The summed E-state index contributed by atoms with van der Waals surface area (Å²) in [4.78, 5) is 15.3. The van der Waals surface area contributed by atoms with Gasteiger partial charge in [-0.25, -0.2) is 23.4 Å². The molecule has 7 nitrogen and oxygen atoms in total. The van der Waals surface area contributed by atoms with E-state index in [4.69, 9.17) is 0 Å². The number of benzene rings is 1. The van der Waals surface area contributed by atoms with Crippen LogP contribution in [-0.4, -0.2) is 40.7 Å². The van der Waals surface area contributed by atoms with Gasteiger partial charge in [0.1, 0.15) is 11.8 Å². The largest absolute Gasteiger partial charge is 0.367 e. The zero-order valence-electron chi connectivity index (χ0n) is 11.0. The maximum absolute atomic E-state index is 12.1. The van der Waals surface area contributed by atoms with Crippen LogP contribution in [0.3, 0.4) is 0 Å². The summed E-state index contributed by atoms with van der Waals surface area (Å²) in [6.45, 7) is 0.252. The van der Waals surface area contributed by atoms with E-state index >= 15 is 0 Å². The number of aromatic amines is 1. The summed E-state index contributed by atoms with van der Waals surface area (Å²) in [5.74, 6) is 0.525. The van der Waals surface area contributed by atoms with Crippen molar-refractivity contribution in [2.24, 2.45) is 0 Å². The summed E-state index contributed by atoms with van der Waals surface area (Å²) in [6.07, 6.45) is 2.91. The van der Waals surface area contributed by atoms with Gasteiger partial charge in [0.05, 0.1) is 17.0 Å². The van der Waals surface area contributed by atoms with E-state index in [-0.39, 0.29) is 12.3 Å². The van der Waals surface area contributed by atoms with Gasteiger partial charge in [0.2, 0.25) is 0 Å². The van der Waals surface area contributed by atoms with Gasteiger partial charge in [-0.3, -0.25) is 0 Å². The second-order valence-corrected chi connectivity index (χ2v) is 6.49. The molecular formula is C13H13N5O2S. The molecule has 2 N–H and O–H groups in total. The molecule has 0 radical (unpaired) electrons. The molecule has 0 aliphatic heterocycles. The minimum absolute atomic E-state index is 0.0172. The molecule has 0 bridgehead atoms. The average Bonchev–Trinajstić information content (AvgIpc) is 2.97. The Morgan fingerprint density at radius 1 is 1.10 bits per heavy atom. The molecule has 108 valence electrons. The highest BCUT2D eigenvalue weighted by Gasteiger charge is 2.14. The fraction of sp³-hybridized carbons (Fsp3) is 0.154.